The lowest BCUT2D eigenvalue weighted by Crippen LogP contribution is -2.44. The van der Waals surface area contributed by atoms with Crippen molar-refractivity contribution in [1.29, 1.82) is 0 Å². The van der Waals surface area contributed by atoms with Gasteiger partial charge >= 0.3 is 0 Å². The summed E-state index contributed by atoms with van der Waals surface area (Å²) in [6.07, 6.45) is 3.33. The van der Waals surface area contributed by atoms with Crippen LogP contribution in [0.25, 0.3) is 0 Å². The lowest BCUT2D eigenvalue weighted by molar-refractivity contribution is -0.141. The molecule has 0 aromatic heterocycles. The highest BCUT2D eigenvalue weighted by Gasteiger charge is 2.22. The van der Waals surface area contributed by atoms with Crippen LogP contribution in [0.2, 0.25) is 0 Å². The van der Waals surface area contributed by atoms with E-state index in [9.17, 15) is 9.59 Å². The minimum absolute atomic E-state index is 0.00575. The number of nitrogens with two attached hydrogens (primary N) is 1. The van der Waals surface area contributed by atoms with E-state index in [-0.39, 0.29) is 24.4 Å². The van der Waals surface area contributed by atoms with Crippen molar-refractivity contribution in [2.24, 2.45) is 11.7 Å². The van der Waals surface area contributed by atoms with Crippen LogP contribution in [0.1, 0.15) is 39.5 Å². The Balaban J connectivity index is 2.33. The molecule has 1 atom stereocenters. The minimum Gasteiger partial charge on any atom is -0.344 e. The average Bonchev–Trinajstić information content (AvgIpc) is 2.37. The highest BCUT2D eigenvalue weighted by molar-refractivity contribution is 5.85. The lowest BCUT2D eigenvalue weighted by atomic mass is 10.0. The summed E-state index contributed by atoms with van der Waals surface area (Å²) in [4.78, 5) is 27.0. The van der Waals surface area contributed by atoms with Gasteiger partial charge in [-0.05, 0) is 25.2 Å². The Kier molecular flexibility index (Phi) is 6.28. The quantitative estimate of drug-likeness (QED) is 0.776. The fourth-order valence-electron chi connectivity index (χ4n) is 2.11. The molecule has 0 bridgehead atoms. The van der Waals surface area contributed by atoms with E-state index in [1.807, 2.05) is 0 Å². The molecule has 1 aliphatic rings. The van der Waals surface area contributed by atoms with E-state index in [4.69, 9.17) is 5.73 Å². The van der Waals surface area contributed by atoms with E-state index < -0.39 is 0 Å². The van der Waals surface area contributed by atoms with E-state index in [0.717, 1.165) is 19.3 Å². The summed E-state index contributed by atoms with van der Waals surface area (Å²) in [6, 6.07) is 0.117. The molecule has 5 nitrogen and oxygen atoms in total. The maximum atomic E-state index is 12.0. The topological polar surface area (TPSA) is 66.6 Å². The van der Waals surface area contributed by atoms with Gasteiger partial charge in [0.25, 0.3) is 0 Å². The summed E-state index contributed by atoms with van der Waals surface area (Å²) in [7, 11) is 1.78. The number of carbonyl (C=O) groups is 2. The third kappa shape index (κ3) is 5.19. The molecule has 110 valence electrons. The van der Waals surface area contributed by atoms with Crippen LogP contribution in [-0.2, 0) is 9.59 Å². The fourth-order valence-corrected chi connectivity index (χ4v) is 2.11. The van der Waals surface area contributed by atoms with Crippen LogP contribution in [0.5, 0.6) is 0 Å². The van der Waals surface area contributed by atoms with Crippen LogP contribution in [-0.4, -0.2) is 54.3 Å². The van der Waals surface area contributed by atoms with Crippen molar-refractivity contribution < 1.29 is 9.59 Å². The minimum atomic E-state index is 0.00575. The Hall–Kier alpha value is -1.10. The standard InChI is InChI=1S/C14H27N3O2/c1-11(2)12(15)7-9-16(3)14(19)10-17-8-5-4-6-13(17)18/h11-12H,4-10,15H2,1-3H3. The van der Waals surface area contributed by atoms with Gasteiger partial charge in [0, 0.05) is 32.6 Å². The predicted molar refractivity (Wildman–Crippen MR) is 75.5 cm³/mol. The van der Waals surface area contributed by atoms with Gasteiger partial charge in [-0.15, -0.1) is 0 Å². The zero-order valence-electron chi connectivity index (χ0n) is 12.4. The molecular formula is C14H27N3O2. The number of hydrogen-bond acceptors (Lipinski definition) is 3. The van der Waals surface area contributed by atoms with Gasteiger partial charge in [0.05, 0.1) is 6.54 Å². The Morgan fingerprint density at radius 3 is 2.68 bits per heavy atom. The van der Waals surface area contributed by atoms with Gasteiger partial charge in [0.15, 0.2) is 0 Å². The van der Waals surface area contributed by atoms with Crippen LogP contribution in [0.4, 0.5) is 0 Å². The molecule has 5 heteroatoms. The van der Waals surface area contributed by atoms with Crippen molar-refractivity contribution in [2.45, 2.75) is 45.6 Å². The Bertz CT molecular complexity index is 318. The molecule has 1 heterocycles. The van der Waals surface area contributed by atoms with Crippen LogP contribution >= 0.6 is 0 Å². The summed E-state index contributed by atoms with van der Waals surface area (Å²) in [5, 5.41) is 0. The number of piperidine rings is 1. The average molecular weight is 269 g/mol. The van der Waals surface area contributed by atoms with Gasteiger partial charge < -0.3 is 15.5 Å². The van der Waals surface area contributed by atoms with Gasteiger partial charge in [-0.2, -0.15) is 0 Å². The lowest BCUT2D eigenvalue weighted by Gasteiger charge is -2.28. The van der Waals surface area contributed by atoms with E-state index >= 15 is 0 Å². The Labute approximate surface area is 116 Å². The molecule has 0 radical (unpaired) electrons. The van der Waals surface area contributed by atoms with Gasteiger partial charge in [-0.1, -0.05) is 13.8 Å². The number of hydrogen-bond donors (Lipinski definition) is 1. The first-order valence-corrected chi connectivity index (χ1v) is 7.19. The first-order valence-electron chi connectivity index (χ1n) is 7.19. The molecule has 0 saturated carbocycles. The predicted octanol–water partition coefficient (Wildman–Crippen LogP) is 0.831. The van der Waals surface area contributed by atoms with Gasteiger partial charge in [-0.3, -0.25) is 9.59 Å². The molecule has 1 fully saturated rings. The van der Waals surface area contributed by atoms with Crippen molar-refractivity contribution in [3.05, 3.63) is 0 Å². The number of likely N-dealkylation sites (tertiary alicyclic amines) is 1. The first-order chi connectivity index (χ1) is 8.91. The van der Waals surface area contributed by atoms with Crippen molar-refractivity contribution in [1.82, 2.24) is 9.80 Å². The summed E-state index contributed by atoms with van der Waals surface area (Å²) in [6.45, 7) is 5.74. The number of amides is 2. The maximum absolute atomic E-state index is 12.0. The van der Waals surface area contributed by atoms with Crippen molar-refractivity contribution in [2.75, 3.05) is 26.7 Å². The van der Waals surface area contributed by atoms with Gasteiger partial charge in [-0.25, -0.2) is 0 Å². The van der Waals surface area contributed by atoms with Crippen molar-refractivity contribution >= 4 is 11.8 Å². The summed E-state index contributed by atoms with van der Waals surface area (Å²) in [5.74, 6) is 0.533. The Morgan fingerprint density at radius 2 is 2.11 bits per heavy atom. The van der Waals surface area contributed by atoms with Gasteiger partial charge in [0.2, 0.25) is 11.8 Å². The second-order valence-corrected chi connectivity index (χ2v) is 5.78. The van der Waals surface area contributed by atoms with Crippen LogP contribution in [0.15, 0.2) is 0 Å². The Morgan fingerprint density at radius 1 is 1.42 bits per heavy atom. The van der Waals surface area contributed by atoms with E-state index in [0.29, 0.717) is 25.4 Å². The fraction of sp³-hybridized carbons (Fsp3) is 0.857. The second-order valence-electron chi connectivity index (χ2n) is 5.78. The maximum Gasteiger partial charge on any atom is 0.241 e. The van der Waals surface area contributed by atoms with Crippen molar-refractivity contribution in [3.63, 3.8) is 0 Å². The first kappa shape index (κ1) is 16.0. The van der Waals surface area contributed by atoms with Crippen molar-refractivity contribution in [3.8, 4) is 0 Å². The molecule has 1 aliphatic heterocycles. The largest absolute Gasteiger partial charge is 0.344 e. The highest BCUT2D eigenvalue weighted by Crippen LogP contribution is 2.10. The SMILES string of the molecule is CC(C)C(N)CCN(C)C(=O)CN1CCCCC1=O. The molecule has 0 spiro atoms. The van der Waals surface area contributed by atoms with Gasteiger partial charge in [0.1, 0.15) is 0 Å². The van der Waals surface area contributed by atoms with Crippen LogP contribution in [0, 0.1) is 5.92 Å². The smallest absolute Gasteiger partial charge is 0.241 e. The zero-order chi connectivity index (χ0) is 14.4. The molecule has 1 unspecified atom stereocenters. The van der Waals surface area contributed by atoms with Crippen LogP contribution in [0.3, 0.4) is 0 Å². The molecule has 0 aromatic carbocycles. The number of nitrogens with zero attached hydrogens (tertiary/aromatic N) is 2. The molecule has 1 saturated heterocycles. The molecule has 2 N–H and O–H groups in total. The normalized spacial score (nSPS) is 17.7. The molecular weight excluding hydrogens is 242 g/mol. The van der Waals surface area contributed by atoms with Crippen LogP contribution < -0.4 is 5.73 Å². The molecule has 0 aliphatic carbocycles. The summed E-state index contributed by atoms with van der Waals surface area (Å²) >= 11 is 0. The summed E-state index contributed by atoms with van der Waals surface area (Å²) < 4.78 is 0. The number of carbonyl (C=O) groups excluding carboxylic acids is 2. The summed E-state index contributed by atoms with van der Waals surface area (Å²) in [5.41, 5.74) is 5.97. The van der Waals surface area contributed by atoms with E-state index in [2.05, 4.69) is 13.8 Å². The number of rotatable bonds is 6. The molecule has 1 rings (SSSR count). The molecule has 19 heavy (non-hydrogen) atoms. The third-order valence-electron chi connectivity index (χ3n) is 3.83. The van der Waals surface area contributed by atoms with E-state index in [1.165, 1.54) is 0 Å². The van der Waals surface area contributed by atoms with E-state index in [1.54, 1.807) is 16.8 Å². The molecule has 0 aromatic rings. The second kappa shape index (κ2) is 7.48. The zero-order valence-corrected chi connectivity index (χ0v) is 12.4. The highest BCUT2D eigenvalue weighted by atomic mass is 16.2. The number of likely N-dealkylation sites (N-methyl/N-ethyl adjacent to an activating group) is 1. The third-order valence-corrected chi connectivity index (χ3v) is 3.83. The monoisotopic (exact) mass is 269 g/mol. The molecule has 2 amide bonds.